The molecule has 33 heavy (non-hydrogen) atoms. The van der Waals surface area contributed by atoms with Gasteiger partial charge in [-0.05, 0) is 69.9 Å². The zero-order chi connectivity index (χ0) is 23.5. The first-order valence-electron chi connectivity index (χ1n) is 11.4. The zero-order valence-corrected chi connectivity index (χ0v) is 19.3. The van der Waals surface area contributed by atoms with Crippen molar-refractivity contribution in [3.63, 3.8) is 0 Å². The van der Waals surface area contributed by atoms with Crippen LogP contribution in [0.25, 0.3) is 22.2 Å². The van der Waals surface area contributed by atoms with Crippen molar-refractivity contribution in [1.29, 1.82) is 0 Å². The number of rotatable bonds is 7. The molecule has 1 fully saturated rings. The van der Waals surface area contributed by atoms with Crippen LogP contribution in [0.2, 0.25) is 0 Å². The number of amidine groups is 1. The van der Waals surface area contributed by atoms with E-state index in [9.17, 15) is 4.79 Å². The number of nitrogens with one attached hydrogen (secondary N) is 1. The summed E-state index contributed by atoms with van der Waals surface area (Å²) in [7, 11) is 0. The number of ether oxygens (including phenoxy) is 2. The number of aromatic nitrogens is 1. The standard InChI is InChI=1S/C25H31N5O3/c1-4-32-19-12-13-20-21(14-19)30(18-6-5-7-18)23(22(20)24(26)29-27)16-8-10-17(11-9-16)28-25(31)33-15(2)3/h8-15,18H,4-7,27H2,1-3H3,(H2,26,29)(H,28,31). The molecule has 1 aliphatic rings. The maximum absolute atomic E-state index is 12.0. The molecule has 1 aromatic heterocycles. The Morgan fingerprint density at radius 2 is 1.94 bits per heavy atom. The summed E-state index contributed by atoms with van der Waals surface area (Å²) >= 11 is 0. The van der Waals surface area contributed by atoms with Gasteiger partial charge < -0.3 is 25.6 Å². The highest BCUT2D eigenvalue weighted by molar-refractivity contribution is 6.14. The number of anilines is 1. The monoisotopic (exact) mass is 449 g/mol. The van der Waals surface area contributed by atoms with Crippen molar-refractivity contribution in [3.05, 3.63) is 48.0 Å². The molecular weight excluding hydrogens is 418 g/mol. The minimum Gasteiger partial charge on any atom is -0.494 e. The van der Waals surface area contributed by atoms with Crippen LogP contribution in [-0.4, -0.2) is 29.2 Å². The third-order valence-electron chi connectivity index (χ3n) is 5.87. The summed E-state index contributed by atoms with van der Waals surface area (Å²) in [5, 5.41) is 7.57. The molecule has 1 saturated carbocycles. The lowest BCUT2D eigenvalue weighted by Crippen LogP contribution is -2.20. The van der Waals surface area contributed by atoms with E-state index in [0.29, 0.717) is 18.3 Å². The van der Waals surface area contributed by atoms with Gasteiger partial charge in [0.2, 0.25) is 0 Å². The van der Waals surface area contributed by atoms with E-state index in [1.54, 1.807) is 0 Å². The van der Waals surface area contributed by atoms with E-state index in [2.05, 4.69) is 21.1 Å². The first-order chi connectivity index (χ1) is 15.9. The SMILES string of the molecule is CCOc1ccc2c(/C(N)=N/N)c(-c3ccc(NC(=O)OC(C)C)cc3)n(C3CCC3)c2c1. The van der Waals surface area contributed by atoms with Crippen LogP contribution in [0.15, 0.2) is 47.6 Å². The Hall–Kier alpha value is -3.68. The lowest BCUT2D eigenvalue weighted by molar-refractivity contribution is 0.130. The van der Waals surface area contributed by atoms with Crippen LogP contribution < -0.4 is 21.6 Å². The molecule has 0 spiro atoms. The molecule has 0 bridgehead atoms. The van der Waals surface area contributed by atoms with E-state index in [-0.39, 0.29) is 11.9 Å². The summed E-state index contributed by atoms with van der Waals surface area (Å²) in [6.45, 7) is 6.18. The zero-order valence-electron chi connectivity index (χ0n) is 19.3. The Bertz CT molecular complexity index is 1180. The summed E-state index contributed by atoms with van der Waals surface area (Å²) in [5.74, 6) is 6.73. The maximum Gasteiger partial charge on any atom is 0.411 e. The van der Waals surface area contributed by atoms with Gasteiger partial charge in [0.05, 0.1) is 29.5 Å². The van der Waals surface area contributed by atoms with Gasteiger partial charge in [-0.3, -0.25) is 5.32 Å². The van der Waals surface area contributed by atoms with Crippen LogP contribution >= 0.6 is 0 Å². The minimum atomic E-state index is -0.481. The Labute approximate surface area is 193 Å². The highest BCUT2D eigenvalue weighted by Gasteiger charge is 2.29. The molecule has 0 radical (unpaired) electrons. The Morgan fingerprint density at radius 1 is 1.21 bits per heavy atom. The average molecular weight is 450 g/mol. The molecular formula is C25H31N5O3. The van der Waals surface area contributed by atoms with Crippen molar-refractivity contribution in [2.75, 3.05) is 11.9 Å². The highest BCUT2D eigenvalue weighted by Crippen LogP contribution is 2.43. The lowest BCUT2D eigenvalue weighted by Gasteiger charge is -2.30. The predicted octanol–water partition coefficient (Wildman–Crippen LogP) is 4.97. The second-order valence-corrected chi connectivity index (χ2v) is 8.46. The van der Waals surface area contributed by atoms with E-state index in [4.69, 9.17) is 21.1 Å². The fourth-order valence-corrected chi connectivity index (χ4v) is 4.25. The van der Waals surface area contributed by atoms with Gasteiger partial charge in [0.25, 0.3) is 0 Å². The van der Waals surface area contributed by atoms with Gasteiger partial charge in [0, 0.05) is 23.2 Å². The fourth-order valence-electron chi connectivity index (χ4n) is 4.25. The molecule has 0 unspecified atom stereocenters. The van der Waals surface area contributed by atoms with Crippen molar-refractivity contribution in [2.24, 2.45) is 16.7 Å². The number of hydrogen-bond acceptors (Lipinski definition) is 5. The smallest absolute Gasteiger partial charge is 0.411 e. The van der Waals surface area contributed by atoms with Gasteiger partial charge in [0.15, 0.2) is 5.84 Å². The Morgan fingerprint density at radius 3 is 2.52 bits per heavy atom. The van der Waals surface area contributed by atoms with Crippen molar-refractivity contribution in [3.8, 4) is 17.0 Å². The third-order valence-corrected chi connectivity index (χ3v) is 5.87. The average Bonchev–Trinajstić information content (AvgIpc) is 3.06. The van der Waals surface area contributed by atoms with E-state index < -0.39 is 6.09 Å². The van der Waals surface area contributed by atoms with Crippen LogP contribution in [0.3, 0.4) is 0 Å². The number of fused-ring (bicyclic) bond motifs is 1. The second kappa shape index (κ2) is 9.44. The molecule has 0 saturated heterocycles. The van der Waals surface area contributed by atoms with Crippen LogP contribution in [-0.2, 0) is 4.74 Å². The normalized spacial score (nSPS) is 14.4. The Kier molecular flexibility index (Phi) is 6.44. The molecule has 1 amide bonds. The molecule has 3 aromatic rings. The molecule has 174 valence electrons. The van der Waals surface area contributed by atoms with E-state index in [1.165, 1.54) is 6.42 Å². The highest BCUT2D eigenvalue weighted by atomic mass is 16.6. The van der Waals surface area contributed by atoms with Gasteiger partial charge in [-0.2, -0.15) is 5.10 Å². The largest absolute Gasteiger partial charge is 0.494 e. The molecule has 2 aromatic carbocycles. The van der Waals surface area contributed by atoms with Crippen LogP contribution in [0.4, 0.5) is 10.5 Å². The fraction of sp³-hybridized carbons (Fsp3) is 0.360. The third kappa shape index (κ3) is 4.46. The van der Waals surface area contributed by atoms with Crippen molar-refractivity contribution in [1.82, 2.24) is 4.57 Å². The molecule has 1 heterocycles. The summed E-state index contributed by atoms with van der Waals surface area (Å²) in [4.78, 5) is 12.0. The number of hydrazone groups is 1. The summed E-state index contributed by atoms with van der Waals surface area (Å²) < 4.78 is 13.3. The van der Waals surface area contributed by atoms with Crippen molar-refractivity contribution >= 4 is 28.5 Å². The number of nitrogens with zero attached hydrogens (tertiary/aromatic N) is 2. The minimum absolute atomic E-state index is 0.190. The van der Waals surface area contributed by atoms with Crippen LogP contribution in [0.1, 0.15) is 51.6 Å². The number of amides is 1. The number of carbonyl (C=O) groups excluding carboxylic acids is 1. The molecule has 8 nitrogen and oxygen atoms in total. The summed E-state index contributed by atoms with van der Waals surface area (Å²) in [5.41, 5.74) is 10.7. The predicted molar refractivity (Wildman–Crippen MR) is 132 cm³/mol. The Balaban J connectivity index is 1.84. The van der Waals surface area contributed by atoms with Gasteiger partial charge in [-0.15, -0.1) is 0 Å². The molecule has 4 rings (SSSR count). The van der Waals surface area contributed by atoms with E-state index in [0.717, 1.165) is 46.3 Å². The maximum atomic E-state index is 12.0. The topological polar surface area (TPSA) is 117 Å². The van der Waals surface area contributed by atoms with Gasteiger partial charge >= 0.3 is 6.09 Å². The molecule has 5 N–H and O–H groups in total. The number of nitrogens with two attached hydrogens (primary N) is 2. The molecule has 8 heteroatoms. The second-order valence-electron chi connectivity index (χ2n) is 8.46. The summed E-state index contributed by atoms with van der Waals surface area (Å²) in [6, 6.07) is 14.0. The van der Waals surface area contributed by atoms with Crippen molar-refractivity contribution in [2.45, 2.75) is 52.2 Å². The number of benzene rings is 2. The molecule has 1 aliphatic carbocycles. The van der Waals surface area contributed by atoms with Gasteiger partial charge in [-0.1, -0.05) is 12.1 Å². The van der Waals surface area contributed by atoms with E-state index in [1.807, 2.05) is 57.2 Å². The first-order valence-corrected chi connectivity index (χ1v) is 11.4. The van der Waals surface area contributed by atoms with Gasteiger partial charge in [-0.25, -0.2) is 4.79 Å². The number of hydrogen-bond donors (Lipinski definition) is 3. The van der Waals surface area contributed by atoms with E-state index >= 15 is 0 Å². The summed E-state index contributed by atoms with van der Waals surface area (Å²) in [6.07, 6.45) is 2.70. The first kappa shape index (κ1) is 22.5. The van der Waals surface area contributed by atoms with Gasteiger partial charge in [0.1, 0.15) is 5.75 Å². The quantitative estimate of drug-likeness (QED) is 0.204. The lowest BCUT2D eigenvalue weighted by atomic mass is 9.92. The van der Waals surface area contributed by atoms with Crippen LogP contribution in [0, 0.1) is 0 Å². The number of carbonyl (C=O) groups is 1. The molecule has 0 atom stereocenters. The molecule has 0 aliphatic heterocycles. The van der Waals surface area contributed by atoms with Crippen molar-refractivity contribution < 1.29 is 14.3 Å². The van der Waals surface area contributed by atoms with Crippen LogP contribution in [0.5, 0.6) is 5.75 Å².